The van der Waals surface area contributed by atoms with Crippen LogP contribution in [0.1, 0.15) is 42.6 Å². The third-order valence-corrected chi connectivity index (χ3v) is 5.87. The topological polar surface area (TPSA) is 58.4 Å². The lowest BCUT2D eigenvalue weighted by Crippen LogP contribution is -2.52. The maximum atomic E-state index is 13.3. The van der Waals surface area contributed by atoms with Gasteiger partial charge in [0.1, 0.15) is 0 Å². The molecule has 1 aromatic carbocycles. The summed E-state index contributed by atoms with van der Waals surface area (Å²) in [5, 5.41) is 4.32. The van der Waals surface area contributed by atoms with Crippen LogP contribution in [0.15, 0.2) is 48.8 Å². The van der Waals surface area contributed by atoms with Gasteiger partial charge in [-0.3, -0.25) is 14.3 Å². The number of likely N-dealkylation sites (tertiary alicyclic amines) is 2. The molecule has 2 amide bonds. The minimum absolute atomic E-state index is 0.0187. The average molecular weight is 366 g/mol. The molecule has 3 heterocycles. The maximum Gasteiger partial charge on any atom is 0.253 e. The van der Waals surface area contributed by atoms with Crippen LogP contribution in [0.3, 0.4) is 0 Å². The second-order valence-corrected chi connectivity index (χ2v) is 7.94. The van der Waals surface area contributed by atoms with Gasteiger partial charge in [0.05, 0.1) is 11.5 Å². The highest BCUT2D eigenvalue weighted by Crippen LogP contribution is 2.34. The first-order valence-corrected chi connectivity index (χ1v) is 9.70. The number of carbonyl (C=O) groups excluding carboxylic acids is 2. The van der Waals surface area contributed by atoms with Gasteiger partial charge in [-0.2, -0.15) is 5.10 Å². The summed E-state index contributed by atoms with van der Waals surface area (Å²) in [7, 11) is 0. The van der Waals surface area contributed by atoms with Gasteiger partial charge >= 0.3 is 0 Å². The van der Waals surface area contributed by atoms with Crippen LogP contribution in [0.4, 0.5) is 0 Å². The normalized spacial score (nSPS) is 25.6. The Morgan fingerprint density at radius 2 is 1.93 bits per heavy atom. The Morgan fingerprint density at radius 3 is 2.67 bits per heavy atom. The number of hydrogen-bond acceptors (Lipinski definition) is 3. The molecular formula is C21H26N4O2. The average Bonchev–Trinajstić information content (AvgIpc) is 3.39. The molecule has 27 heavy (non-hydrogen) atoms. The summed E-state index contributed by atoms with van der Waals surface area (Å²) in [6, 6.07) is 11.5. The largest absolute Gasteiger partial charge is 0.340 e. The lowest BCUT2D eigenvalue weighted by molar-refractivity contribution is -0.142. The number of amides is 2. The lowest BCUT2D eigenvalue weighted by atomic mass is 9.80. The molecule has 4 rings (SSSR count). The molecule has 2 aliphatic heterocycles. The molecule has 2 aromatic rings. The van der Waals surface area contributed by atoms with Crippen molar-refractivity contribution in [1.82, 2.24) is 19.6 Å². The third-order valence-electron chi connectivity index (χ3n) is 5.87. The molecule has 2 aliphatic rings. The van der Waals surface area contributed by atoms with E-state index in [1.165, 1.54) is 0 Å². The molecule has 2 fully saturated rings. The van der Waals surface area contributed by atoms with E-state index in [0.717, 1.165) is 25.8 Å². The second kappa shape index (κ2) is 7.18. The predicted molar refractivity (Wildman–Crippen MR) is 102 cm³/mol. The van der Waals surface area contributed by atoms with Crippen LogP contribution >= 0.6 is 0 Å². The molecule has 0 radical (unpaired) electrons. The standard InChI is InChI=1S/C21H26N4O2/c1-21(20(27)23-14-9-18(15-23)25-13-6-11-22-25)10-5-12-24(16-21)19(26)17-7-3-2-4-8-17/h2-4,6-8,11,13,18H,5,9-10,12,14-16H2,1H3. The molecule has 2 atom stereocenters. The van der Waals surface area contributed by atoms with E-state index in [1.807, 2.05) is 64.0 Å². The Balaban J connectivity index is 1.44. The van der Waals surface area contributed by atoms with Gasteiger partial charge in [-0.15, -0.1) is 0 Å². The van der Waals surface area contributed by atoms with Gasteiger partial charge in [0.2, 0.25) is 5.91 Å². The second-order valence-electron chi connectivity index (χ2n) is 7.94. The van der Waals surface area contributed by atoms with E-state index >= 15 is 0 Å². The van der Waals surface area contributed by atoms with Gasteiger partial charge in [0.15, 0.2) is 0 Å². The summed E-state index contributed by atoms with van der Waals surface area (Å²) in [6.45, 7) is 4.67. The van der Waals surface area contributed by atoms with Gasteiger partial charge in [-0.05, 0) is 44.4 Å². The van der Waals surface area contributed by atoms with Crippen molar-refractivity contribution in [3.05, 3.63) is 54.4 Å². The molecule has 6 heteroatoms. The molecule has 0 saturated carbocycles. The molecule has 2 saturated heterocycles. The molecule has 0 spiro atoms. The first kappa shape index (κ1) is 17.8. The van der Waals surface area contributed by atoms with Crippen LogP contribution in [0.25, 0.3) is 0 Å². The van der Waals surface area contributed by atoms with Gasteiger partial charge in [-0.25, -0.2) is 0 Å². The van der Waals surface area contributed by atoms with Crippen LogP contribution in [-0.4, -0.2) is 57.6 Å². The Hall–Kier alpha value is -2.63. The van der Waals surface area contributed by atoms with E-state index in [4.69, 9.17) is 0 Å². The number of rotatable bonds is 3. The zero-order chi connectivity index (χ0) is 18.9. The highest BCUT2D eigenvalue weighted by atomic mass is 16.2. The van der Waals surface area contributed by atoms with Crippen molar-refractivity contribution >= 4 is 11.8 Å². The zero-order valence-corrected chi connectivity index (χ0v) is 15.8. The summed E-state index contributed by atoms with van der Waals surface area (Å²) in [4.78, 5) is 29.9. The molecule has 142 valence electrons. The van der Waals surface area contributed by atoms with Crippen molar-refractivity contribution in [3.63, 3.8) is 0 Å². The summed E-state index contributed by atoms with van der Waals surface area (Å²) >= 11 is 0. The number of benzene rings is 1. The molecule has 0 N–H and O–H groups in total. The first-order chi connectivity index (χ1) is 13.1. The first-order valence-electron chi connectivity index (χ1n) is 9.70. The Morgan fingerprint density at radius 1 is 1.11 bits per heavy atom. The van der Waals surface area contributed by atoms with Gasteiger partial charge in [0, 0.05) is 44.1 Å². The summed E-state index contributed by atoms with van der Waals surface area (Å²) in [5.74, 6) is 0.188. The van der Waals surface area contributed by atoms with Crippen molar-refractivity contribution in [2.75, 3.05) is 26.2 Å². The molecule has 1 aromatic heterocycles. The van der Waals surface area contributed by atoms with Crippen molar-refractivity contribution in [1.29, 1.82) is 0 Å². The van der Waals surface area contributed by atoms with Gasteiger partial charge in [-0.1, -0.05) is 18.2 Å². The molecule has 0 bridgehead atoms. The minimum atomic E-state index is -0.512. The molecule has 2 unspecified atom stereocenters. The van der Waals surface area contributed by atoms with Gasteiger partial charge < -0.3 is 9.80 Å². The fourth-order valence-corrected chi connectivity index (χ4v) is 4.37. The maximum absolute atomic E-state index is 13.3. The number of carbonyl (C=O) groups is 2. The van der Waals surface area contributed by atoms with Crippen LogP contribution in [0, 0.1) is 5.41 Å². The molecule has 6 nitrogen and oxygen atoms in total. The minimum Gasteiger partial charge on any atom is -0.340 e. The van der Waals surface area contributed by atoms with Crippen molar-refractivity contribution in [2.24, 2.45) is 5.41 Å². The Kier molecular flexibility index (Phi) is 4.72. The van der Waals surface area contributed by atoms with Crippen molar-refractivity contribution in [3.8, 4) is 0 Å². The Labute approximate surface area is 159 Å². The van der Waals surface area contributed by atoms with Crippen molar-refractivity contribution in [2.45, 2.75) is 32.2 Å². The summed E-state index contributed by atoms with van der Waals surface area (Å²) in [6.07, 6.45) is 6.35. The van der Waals surface area contributed by atoms with Crippen LogP contribution in [0.5, 0.6) is 0 Å². The van der Waals surface area contributed by atoms with E-state index in [-0.39, 0.29) is 17.9 Å². The summed E-state index contributed by atoms with van der Waals surface area (Å²) < 4.78 is 1.95. The van der Waals surface area contributed by atoms with Crippen molar-refractivity contribution < 1.29 is 9.59 Å². The van der Waals surface area contributed by atoms with E-state index in [9.17, 15) is 9.59 Å². The number of hydrogen-bond donors (Lipinski definition) is 0. The smallest absolute Gasteiger partial charge is 0.253 e. The fraction of sp³-hybridized carbons (Fsp3) is 0.476. The van der Waals surface area contributed by atoms with Crippen LogP contribution < -0.4 is 0 Å². The van der Waals surface area contributed by atoms with E-state index in [1.54, 1.807) is 6.20 Å². The highest BCUT2D eigenvalue weighted by molar-refractivity contribution is 5.95. The van der Waals surface area contributed by atoms with Crippen LogP contribution in [0.2, 0.25) is 0 Å². The number of nitrogens with zero attached hydrogens (tertiary/aromatic N) is 4. The quantitative estimate of drug-likeness (QED) is 0.839. The number of piperidine rings is 1. The SMILES string of the molecule is CC1(C(=O)N2CCC(n3cccn3)C2)CCCN(C(=O)c2ccccc2)C1. The molecular weight excluding hydrogens is 340 g/mol. The monoisotopic (exact) mass is 366 g/mol. The predicted octanol–water partition coefficient (Wildman–Crippen LogP) is 2.60. The fourth-order valence-electron chi connectivity index (χ4n) is 4.37. The van der Waals surface area contributed by atoms with E-state index in [2.05, 4.69) is 5.10 Å². The lowest BCUT2D eigenvalue weighted by Gasteiger charge is -2.41. The third kappa shape index (κ3) is 3.48. The van der Waals surface area contributed by atoms with Gasteiger partial charge in [0.25, 0.3) is 5.91 Å². The Bertz CT molecular complexity index is 805. The summed E-state index contributed by atoms with van der Waals surface area (Å²) in [5.41, 5.74) is 0.177. The highest BCUT2D eigenvalue weighted by Gasteiger charge is 2.43. The van der Waals surface area contributed by atoms with Crippen LogP contribution in [-0.2, 0) is 4.79 Å². The number of aromatic nitrogens is 2. The van der Waals surface area contributed by atoms with E-state index < -0.39 is 5.41 Å². The van der Waals surface area contributed by atoms with E-state index in [0.29, 0.717) is 25.2 Å². The zero-order valence-electron chi connectivity index (χ0n) is 15.8. The molecule has 0 aliphatic carbocycles.